The van der Waals surface area contributed by atoms with Gasteiger partial charge in [0.05, 0.1) is 0 Å². The molecule has 0 aliphatic heterocycles. The highest BCUT2D eigenvalue weighted by Crippen LogP contribution is 2.16. The SMILES string of the molecule is CCCC(C)CC(=O)N(C)CC(C)(C)CN. The van der Waals surface area contributed by atoms with Crippen LogP contribution in [0.3, 0.4) is 0 Å². The highest BCUT2D eigenvalue weighted by Gasteiger charge is 2.21. The Morgan fingerprint density at radius 3 is 2.44 bits per heavy atom. The first kappa shape index (κ1) is 15.4. The topological polar surface area (TPSA) is 46.3 Å². The number of nitrogens with two attached hydrogens (primary N) is 1. The fourth-order valence-corrected chi connectivity index (χ4v) is 1.84. The molecule has 0 aliphatic rings. The summed E-state index contributed by atoms with van der Waals surface area (Å²) in [5, 5.41) is 0. The van der Waals surface area contributed by atoms with Crippen LogP contribution in [0.25, 0.3) is 0 Å². The van der Waals surface area contributed by atoms with E-state index in [4.69, 9.17) is 5.73 Å². The minimum absolute atomic E-state index is 0.0123. The van der Waals surface area contributed by atoms with Crippen LogP contribution in [-0.2, 0) is 4.79 Å². The quantitative estimate of drug-likeness (QED) is 0.726. The molecule has 96 valence electrons. The van der Waals surface area contributed by atoms with E-state index in [0.717, 1.165) is 19.4 Å². The lowest BCUT2D eigenvalue weighted by molar-refractivity contribution is -0.132. The first-order valence-electron chi connectivity index (χ1n) is 6.26. The average molecular weight is 228 g/mol. The molecular formula is C13H28N2O. The molecule has 0 spiro atoms. The molecule has 0 aromatic heterocycles. The third kappa shape index (κ3) is 6.11. The van der Waals surface area contributed by atoms with Crippen molar-refractivity contribution in [1.82, 2.24) is 4.90 Å². The van der Waals surface area contributed by atoms with Gasteiger partial charge in [-0.1, -0.05) is 40.5 Å². The van der Waals surface area contributed by atoms with Crippen molar-refractivity contribution < 1.29 is 4.79 Å². The number of amides is 1. The number of carbonyl (C=O) groups excluding carboxylic acids is 1. The molecule has 0 rings (SSSR count). The minimum atomic E-state index is 0.0123. The zero-order chi connectivity index (χ0) is 12.8. The van der Waals surface area contributed by atoms with Gasteiger partial charge in [0.25, 0.3) is 0 Å². The smallest absolute Gasteiger partial charge is 0.222 e. The molecule has 1 unspecified atom stereocenters. The molecule has 1 amide bonds. The number of rotatable bonds is 7. The van der Waals surface area contributed by atoms with Crippen molar-refractivity contribution in [2.24, 2.45) is 17.1 Å². The monoisotopic (exact) mass is 228 g/mol. The molecule has 0 aromatic carbocycles. The predicted molar refractivity (Wildman–Crippen MR) is 69.2 cm³/mol. The third-order valence-corrected chi connectivity index (χ3v) is 2.95. The molecular weight excluding hydrogens is 200 g/mol. The van der Waals surface area contributed by atoms with Gasteiger partial charge in [-0.15, -0.1) is 0 Å². The summed E-state index contributed by atoms with van der Waals surface area (Å²) in [6.07, 6.45) is 2.93. The maximum atomic E-state index is 11.9. The Labute approximate surface area is 100 Å². The average Bonchev–Trinajstić information content (AvgIpc) is 2.17. The summed E-state index contributed by atoms with van der Waals surface area (Å²) < 4.78 is 0. The first-order chi connectivity index (χ1) is 7.32. The van der Waals surface area contributed by atoms with E-state index in [1.807, 2.05) is 11.9 Å². The molecule has 2 N–H and O–H groups in total. The van der Waals surface area contributed by atoms with Gasteiger partial charge in [-0.25, -0.2) is 0 Å². The molecule has 0 saturated heterocycles. The second kappa shape index (κ2) is 6.89. The lowest BCUT2D eigenvalue weighted by Crippen LogP contribution is -2.40. The maximum Gasteiger partial charge on any atom is 0.222 e. The van der Waals surface area contributed by atoms with Gasteiger partial charge < -0.3 is 10.6 Å². The van der Waals surface area contributed by atoms with E-state index in [1.54, 1.807) is 0 Å². The fourth-order valence-electron chi connectivity index (χ4n) is 1.84. The second-order valence-corrected chi connectivity index (χ2v) is 5.72. The Bertz CT molecular complexity index is 214. The van der Waals surface area contributed by atoms with Crippen LogP contribution in [-0.4, -0.2) is 30.9 Å². The fraction of sp³-hybridized carbons (Fsp3) is 0.923. The van der Waals surface area contributed by atoms with Gasteiger partial charge in [0.2, 0.25) is 5.91 Å². The van der Waals surface area contributed by atoms with Gasteiger partial charge in [-0.3, -0.25) is 4.79 Å². The van der Waals surface area contributed by atoms with E-state index in [-0.39, 0.29) is 11.3 Å². The van der Waals surface area contributed by atoms with E-state index < -0.39 is 0 Å². The molecule has 3 nitrogen and oxygen atoms in total. The summed E-state index contributed by atoms with van der Waals surface area (Å²) in [4.78, 5) is 13.7. The van der Waals surface area contributed by atoms with Crippen molar-refractivity contribution in [3.05, 3.63) is 0 Å². The van der Waals surface area contributed by atoms with E-state index in [1.165, 1.54) is 0 Å². The Hall–Kier alpha value is -0.570. The van der Waals surface area contributed by atoms with Gasteiger partial charge in [-0.05, 0) is 17.9 Å². The summed E-state index contributed by atoms with van der Waals surface area (Å²) in [5.41, 5.74) is 5.68. The van der Waals surface area contributed by atoms with Crippen LogP contribution in [0.4, 0.5) is 0 Å². The Morgan fingerprint density at radius 1 is 1.44 bits per heavy atom. The van der Waals surface area contributed by atoms with Crippen molar-refractivity contribution in [3.8, 4) is 0 Å². The summed E-state index contributed by atoms with van der Waals surface area (Å²) in [7, 11) is 1.87. The maximum absolute atomic E-state index is 11.9. The van der Waals surface area contributed by atoms with Crippen molar-refractivity contribution >= 4 is 5.91 Å². The molecule has 0 fully saturated rings. The number of hydrogen-bond donors (Lipinski definition) is 1. The van der Waals surface area contributed by atoms with E-state index in [9.17, 15) is 4.79 Å². The Morgan fingerprint density at radius 2 is 2.00 bits per heavy atom. The Kier molecular flexibility index (Phi) is 6.65. The van der Waals surface area contributed by atoms with Gasteiger partial charge in [-0.2, -0.15) is 0 Å². The summed E-state index contributed by atoms with van der Waals surface area (Å²) >= 11 is 0. The molecule has 0 bridgehead atoms. The molecule has 3 heteroatoms. The lowest BCUT2D eigenvalue weighted by atomic mass is 9.93. The number of nitrogens with zero attached hydrogens (tertiary/aromatic N) is 1. The van der Waals surface area contributed by atoms with Crippen LogP contribution in [0.2, 0.25) is 0 Å². The largest absolute Gasteiger partial charge is 0.345 e. The van der Waals surface area contributed by atoms with Gasteiger partial charge in [0.1, 0.15) is 0 Å². The van der Waals surface area contributed by atoms with E-state index >= 15 is 0 Å². The second-order valence-electron chi connectivity index (χ2n) is 5.72. The highest BCUT2D eigenvalue weighted by atomic mass is 16.2. The van der Waals surface area contributed by atoms with Crippen LogP contribution in [0.1, 0.15) is 47.0 Å². The minimum Gasteiger partial charge on any atom is -0.345 e. The molecule has 0 aliphatic carbocycles. The normalized spacial score (nSPS) is 13.6. The van der Waals surface area contributed by atoms with E-state index in [0.29, 0.717) is 18.9 Å². The lowest BCUT2D eigenvalue weighted by Gasteiger charge is -2.29. The number of carbonyl (C=O) groups is 1. The zero-order valence-corrected chi connectivity index (χ0v) is 11.5. The zero-order valence-electron chi connectivity index (χ0n) is 11.5. The molecule has 16 heavy (non-hydrogen) atoms. The van der Waals surface area contributed by atoms with Gasteiger partial charge in [0.15, 0.2) is 0 Å². The number of hydrogen-bond acceptors (Lipinski definition) is 2. The van der Waals surface area contributed by atoms with Crippen LogP contribution in [0.5, 0.6) is 0 Å². The van der Waals surface area contributed by atoms with Gasteiger partial charge in [0, 0.05) is 20.0 Å². The summed E-state index contributed by atoms with van der Waals surface area (Å²) in [6, 6.07) is 0. The summed E-state index contributed by atoms with van der Waals surface area (Å²) in [6.45, 7) is 9.82. The first-order valence-corrected chi connectivity index (χ1v) is 6.26. The van der Waals surface area contributed by atoms with Gasteiger partial charge >= 0.3 is 0 Å². The van der Waals surface area contributed by atoms with Crippen molar-refractivity contribution in [3.63, 3.8) is 0 Å². The highest BCUT2D eigenvalue weighted by molar-refractivity contribution is 5.76. The van der Waals surface area contributed by atoms with Crippen LogP contribution >= 0.6 is 0 Å². The van der Waals surface area contributed by atoms with Crippen LogP contribution in [0, 0.1) is 11.3 Å². The standard InChI is InChI=1S/C13H28N2O/c1-6-7-11(2)8-12(16)15(5)10-13(3,4)9-14/h11H,6-10,14H2,1-5H3. The van der Waals surface area contributed by atoms with Crippen molar-refractivity contribution in [1.29, 1.82) is 0 Å². The van der Waals surface area contributed by atoms with Crippen LogP contribution < -0.4 is 5.73 Å². The Balaban J connectivity index is 4.09. The van der Waals surface area contributed by atoms with E-state index in [2.05, 4.69) is 27.7 Å². The molecule has 0 saturated carbocycles. The molecule has 0 aromatic rings. The summed E-state index contributed by atoms with van der Waals surface area (Å²) in [5.74, 6) is 0.725. The van der Waals surface area contributed by atoms with Crippen LogP contribution in [0.15, 0.2) is 0 Å². The molecule has 1 atom stereocenters. The molecule has 0 radical (unpaired) electrons. The third-order valence-electron chi connectivity index (χ3n) is 2.95. The predicted octanol–water partition coefficient (Wildman–Crippen LogP) is 2.26. The van der Waals surface area contributed by atoms with Crippen molar-refractivity contribution in [2.75, 3.05) is 20.1 Å². The molecule has 0 heterocycles. The van der Waals surface area contributed by atoms with Crippen molar-refractivity contribution in [2.45, 2.75) is 47.0 Å².